The number of carbonyl (C=O) groups excluding carboxylic acids is 1. The van der Waals surface area contributed by atoms with Crippen molar-refractivity contribution >= 4 is 34.0 Å². The molecule has 7 nitrogen and oxygen atoms in total. The minimum absolute atomic E-state index is 0.0433. The van der Waals surface area contributed by atoms with Crippen molar-refractivity contribution < 1.29 is 18.1 Å². The Morgan fingerprint density at radius 2 is 2.24 bits per heavy atom. The zero-order valence-electron chi connectivity index (χ0n) is 14.0. The van der Waals surface area contributed by atoms with Crippen molar-refractivity contribution in [2.75, 3.05) is 23.5 Å². The van der Waals surface area contributed by atoms with E-state index >= 15 is 0 Å². The van der Waals surface area contributed by atoms with Gasteiger partial charge in [0.25, 0.3) is 0 Å². The molecule has 0 aromatic carbocycles. The minimum atomic E-state index is -1.11. The third-order valence-corrected chi connectivity index (χ3v) is 4.73. The van der Waals surface area contributed by atoms with Gasteiger partial charge in [-0.15, -0.1) is 0 Å². The molecular formula is C15H18ClFN4O3S. The fraction of sp³-hybridized carbons (Fsp3) is 0.400. The van der Waals surface area contributed by atoms with Gasteiger partial charge in [0.15, 0.2) is 11.0 Å². The lowest BCUT2D eigenvalue weighted by Gasteiger charge is -2.22. The summed E-state index contributed by atoms with van der Waals surface area (Å²) in [5, 5.41) is 15.5. The SMILES string of the molecule is CCN(C(=O)C(C)CS(C)=O)c1cn(-c2cc(F)c[n+]([O-])c2)nc1Cl. The molecule has 0 aliphatic heterocycles. The highest BCUT2D eigenvalue weighted by Gasteiger charge is 2.25. The highest BCUT2D eigenvalue weighted by molar-refractivity contribution is 7.84. The predicted molar refractivity (Wildman–Crippen MR) is 93.6 cm³/mol. The van der Waals surface area contributed by atoms with Crippen LogP contribution in [-0.4, -0.2) is 38.4 Å². The van der Waals surface area contributed by atoms with E-state index in [1.807, 2.05) is 0 Å². The molecule has 0 bridgehead atoms. The van der Waals surface area contributed by atoms with Crippen LogP contribution in [0, 0.1) is 16.9 Å². The number of pyridine rings is 1. The lowest BCUT2D eigenvalue weighted by atomic mass is 10.2. The average Bonchev–Trinajstić information content (AvgIpc) is 2.88. The summed E-state index contributed by atoms with van der Waals surface area (Å²) in [5.74, 6) is -1.18. The normalized spacial score (nSPS) is 13.5. The van der Waals surface area contributed by atoms with Gasteiger partial charge < -0.3 is 10.1 Å². The van der Waals surface area contributed by atoms with Crippen molar-refractivity contribution in [1.82, 2.24) is 9.78 Å². The smallest absolute Gasteiger partial charge is 0.230 e. The maximum absolute atomic E-state index is 13.4. The molecule has 0 fully saturated rings. The molecule has 2 unspecified atom stereocenters. The highest BCUT2D eigenvalue weighted by Crippen LogP contribution is 2.27. The maximum atomic E-state index is 13.4. The third kappa shape index (κ3) is 4.55. The quantitative estimate of drug-likeness (QED) is 0.556. The van der Waals surface area contributed by atoms with Crippen molar-refractivity contribution in [3.05, 3.63) is 40.8 Å². The number of anilines is 1. The van der Waals surface area contributed by atoms with E-state index in [9.17, 15) is 18.6 Å². The van der Waals surface area contributed by atoms with E-state index in [0.29, 0.717) is 17.0 Å². The molecular weight excluding hydrogens is 371 g/mol. The molecule has 2 rings (SSSR count). The van der Waals surface area contributed by atoms with Gasteiger partial charge in [-0.1, -0.05) is 18.5 Å². The molecule has 136 valence electrons. The van der Waals surface area contributed by atoms with Gasteiger partial charge in [0.1, 0.15) is 11.4 Å². The summed E-state index contributed by atoms with van der Waals surface area (Å²) in [6, 6.07) is 1.13. The maximum Gasteiger partial charge on any atom is 0.230 e. The number of rotatable bonds is 6. The monoisotopic (exact) mass is 388 g/mol. The van der Waals surface area contributed by atoms with Gasteiger partial charge in [0.05, 0.1) is 6.20 Å². The molecule has 0 saturated heterocycles. The van der Waals surface area contributed by atoms with Crippen LogP contribution in [0.5, 0.6) is 0 Å². The van der Waals surface area contributed by atoms with Gasteiger partial charge in [-0.2, -0.15) is 9.83 Å². The average molecular weight is 389 g/mol. The molecule has 0 radical (unpaired) electrons. The predicted octanol–water partition coefficient (Wildman–Crippen LogP) is 1.67. The number of hydrogen-bond donors (Lipinski definition) is 0. The Hall–Kier alpha value is -2.00. The molecule has 2 heterocycles. The van der Waals surface area contributed by atoms with Crippen molar-refractivity contribution in [1.29, 1.82) is 0 Å². The Morgan fingerprint density at radius 3 is 2.80 bits per heavy atom. The lowest BCUT2D eigenvalue weighted by Crippen LogP contribution is -2.37. The molecule has 2 aromatic rings. The highest BCUT2D eigenvalue weighted by atomic mass is 35.5. The van der Waals surface area contributed by atoms with Gasteiger partial charge >= 0.3 is 0 Å². The summed E-state index contributed by atoms with van der Waals surface area (Å²) >= 11 is 6.14. The van der Waals surface area contributed by atoms with E-state index in [4.69, 9.17) is 11.6 Å². The molecule has 25 heavy (non-hydrogen) atoms. The van der Waals surface area contributed by atoms with Crippen molar-refractivity contribution in [2.24, 2.45) is 5.92 Å². The molecule has 10 heteroatoms. The van der Waals surface area contributed by atoms with E-state index in [2.05, 4.69) is 5.10 Å². The molecule has 1 amide bonds. The van der Waals surface area contributed by atoms with Crippen LogP contribution in [0.2, 0.25) is 5.15 Å². The largest absolute Gasteiger partial charge is 0.619 e. The van der Waals surface area contributed by atoms with Crippen molar-refractivity contribution in [3.8, 4) is 5.69 Å². The first-order chi connectivity index (χ1) is 11.7. The number of carbonyl (C=O) groups is 1. The first-order valence-corrected chi connectivity index (χ1v) is 9.59. The summed E-state index contributed by atoms with van der Waals surface area (Å²) in [5.41, 5.74) is 0.513. The standard InChI is InChI=1S/C15H18ClFN4O3S/c1-4-20(15(22)10(2)9-25(3)24)13-8-21(18-14(13)16)12-5-11(17)6-19(23)7-12/h5-8,10H,4,9H2,1-3H3. The molecule has 0 spiro atoms. The van der Waals surface area contributed by atoms with Crippen LogP contribution in [0.25, 0.3) is 5.69 Å². The Labute approximate surface area is 152 Å². The number of hydrogen-bond acceptors (Lipinski definition) is 4. The first kappa shape index (κ1) is 19.3. The van der Waals surface area contributed by atoms with Crippen LogP contribution >= 0.6 is 11.6 Å². The summed E-state index contributed by atoms with van der Waals surface area (Å²) in [6.07, 6.45) is 4.91. The van der Waals surface area contributed by atoms with Crippen LogP contribution in [0.1, 0.15) is 13.8 Å². The fourth-order valence-electron chi connectivity index (χ4n) is 2.42. The van der Waals surface area contributed by atoms with Crippen LogP contribution in [0.3, 0.4) is 0 Å². The molecule has 0 saturated carbocycles. The third-order valence-electron chi connectivity index (χ3n) is 3.49. The molecule has 0 N–H and O–H groups in total. The summed E-state index contributed by atoms with van der Waals surface area (Å²) in [7, 11) is -1.11. The zero-order chi connectivity index (χ0) is 18.7. The molecule has 2 atom stereocenters. The van der Waals surface area contributed by atoms with Crippen LogP contribution < -0.4 is 9.63 Å². The number of halogens is 2. The number of aromatic nitrogens is 3. The topological polar surface area (TPSA) is 82.1 Å². The van der Waals surface area contributed by atoms with E-state index in [0.717, 1.165) is 18.5 Å². The van der Waals surface area contributed by atoms with Gasteiger partial charge in [-0.05, 0) is 6.92 Å². The van der Waals surface area contributed by atoms with Gasteiger partial charge in [-0.3, -0.25) is 9.00 Å². The van der Waals surface area contributed by atoms with Crippen molar-refractivity contribution in [3.63, 3.8) is 0 Å². The lowest BCUT2D eigenvalue weighted by molar-refractivity contribution is -0.606. The summed E-state index contributed by atoms with van der Waals surface area (Å²) < 4.78 is 26.3. The second-order valence-electron chi connectivity index (χ2n) is 5.55. The second kappa shape index (κ2) is 7.92. The van der Waals surface area contributed by atoms with Gasteiger partial charge in [-0.25, -0.2) is 9.07 Å². The van der Waals surface area contributed by atoms with Crippen molar-refractivity contribution in [2.45, 2.75) is 13.8 Å². The second-order valence-corrected chi connectivity index (χ2v) is 7.38. The first-order valence-electron chi connectivity index (χ1n) is 7.49. The Balaban J connectivity index is 2.36. The minimum Gasteiger partial charge on any atom is -0.619 e. The molecule has 0 aliphatic carbocycles. The van der Waals surface area contributed by atoms with E-state index in [1.165, 1.54) is 22.0 Å². The van der Waals surface area contributed by atoms with Gasteiger partial charge in [0.2, 0.25) is 18.3 Å². The Kier molecular flexibility index (Phi) is 6.12. The van der Waals surface area contributed by atoms with Crippen LogP contribution in [0.15, 0.2) is 24.7 Å². The molecule has 0 aliphatic rings. The number of amides is 1. The summed E-state index contributed by atoms with van der Waals surface area (Å²) in [4.78, 5) is 14.0. The van der Waals surface area contributed by atoms with Crippen LogP contribution in [-0.2, 0) is 15.6 Å². The van der Waals surface area contributed by atoms with Gasteiger partial charge in [0, 0.05) is 41.3 Å². The van der Waals surface area contributed by atoms with E-state index < -0.39 is 22.5 Å². The fourth-order valence-corrected chi connectivity index (χ4v) is 3.50. The summed E-state index contributed by atoms with van der Waals surface area (Å²) in [6.45, 7) is 3.79. The Bertz CT molecular complexity index is 794. The zero-order valence-corrected chi connectivity index (χ0v) is 15.6. The van der Waals surface area contributed by atoms with E-state index in [1.54, 1.807) is 13.8 Å². The van der Waals surface area contributed by atoms with Crippen LogP contribution in [0.4, 0.5) is 10.1 Å². The Morgan fingerprint density at radius 1 is 1.56 bits per heavy atom. The molecule has 2 aromatic heterocycles. The number of nitrogens with zero attached hydrogens (tertiary/aromatic N) is 4. The van der Waals surface area contributed by atoms with E-state index in [-0.39, 0.29) is 22.5 Å².